The van der Waals surface area contributed by atoms with Crippen LogP contribution in [0.1, 0.15) is 6.92 Å². The van der Waals surface area contributed by atoms with Gasteiger partial charge >= 0.3 is 5.69 Å². The lowest BCUT2D eigenvalue weighted by molar-refractivity contribution is 0.669. The Morgan fingerprint density at radius 1 is 1.30 bits per heavy atom. The molecule has 0 aliphatic rings. The Balaban J connectivity index is 2.95. The SMILES string of the molecule is CC#CCn1c(Br)nc2c1c(=O)n(CC#N)c(=O)n2C. The molecule has 0 bridgehead atoms. The Hall–Kier alpha value is -2.32. The zero-order valence-corrected chi connectivity index (χ0v) is 12.4. The zero-order valence-electron chi connectivity index (χ0n) is 10.8. The van der Waals surface area contributed by atoms with Crippen LogP contribution in [-0.4, -0.2) is 18.7 Å². The van der Waals surface area contributed by atoms with Gasteiger partial charge in [-0.15, -0.1) is 5.92 Å². The van der Waals surface area contributed by atoms with Crippen LogP contribution in [0.5, 0.6) is 0 Å². The van der Waals surface area contributed by atoms with Gasteiger partial charge in [0.25, 0.3) is 5.56 Å². The van der Waals surface area contributed by atoms with Gasteiger partial charge in [-0.2, -0.15) is 5.26 Å². The van der Waals surface area contributed by atoms with Crippen molar-refractivity contribution in [1.82, 2.24) is 18.7 Å². The lowest BCUT2D eigenvalue weighted by atomic mass is 10.4. The molecule has 0 radical (unpaired) electrons. The van der Waals surface area contributed by atoms with Crippen molar-refractivity contribution in [3.8, 4) is 17.9 Å². The quantitative estimate of drug-likeness (QED) is 0.579. The van der Waals surface area contributed by atoms with Gasteiger partial charge in [0.1, 0.15) is 6.54 Å². The van der Waals surface area contributed by atoms with Crippen LogP contribution in [0.3, 0.4) is 0 Å². The first-order valence-electron chi connectivity index (χ1n) is 5.65. The van der Waals surface area contributed by atoms with Crippen LogP contribution in [0.25, 0.3) is 11.2 Å². The van der Waals surface area contributed by atoms with Gasteiger partial charge in [-0.1, -0.05) is 5.92 Å². The van der Waals surface area contributed by atoms with Crippen molar-refractivity contribution < 1.29 is 0 Å². The maximum absolute atomic E-state index is 12.4. The van der Waals surface area contributed by atoms with E-state index in [-0.39, 0.29) is 24.3 Å². The Morgan fingerprint density at radius 3 is 2.60 bits per heavy atom. The monoisotopic (exact) mass is 335 g/mol. The maximum atomic E-state index is 12.4. The second kappa shape index (κ2) is 5.35. The van der Waals surface area contributed by atoms with E-state index < -0.39 is 11.2 Å². The minimum absolute atomic E-state index is 0.247. The molecule has 2 aromatic rings. The molecule has 2 rings (SSSR count). The van der Waals surface area contributed by atoms with E-state index in [1.165, 1.54) is 11.6 Å². The van der Waals surface area contributed by atoms with E-state index in [1.807, 2.05) is 6.07 Å². The molecule has 0 amide bonds. The van der Waals surface area contributed by atoms with E-state index in [1.54, 1.807) is 11.5 Å². The number of aromatic nitrogens is 4. The van der Waals surface area contributed by atoms with Crippen molar-refractivity contribution in [3.05, 3.63) is 25.6 Å². The highest BCUT2D eigenvalue weighted by molar-refractivity contribution is 9.10. The second-order valence-corrected chi connectivity index (χ2v) is 4.67. The van der Waals surface area contributed by atoms with E-state index in [9.17, 15) is 9.59 Å². The lowest BCUT2D eigenvalue weighted by Gasteiger charge is -2.05. The Labute approximate surface area is 122 Å². The van der Waals surface area contributed by atoms with Gasteiger partial charge in [0, 0.05) is 7.05 Å². The molecule has 0 spiro atoms. The molecule has 0 saturated heterocycles. The summed E-state index contributed by atoms with van der Waals surface area (Å²) in [5, 5.41) is 8.74. The van der Waals surface area contributed by atoms with Crippen LogP contribution in [0.4, 0.5) is 0 Å². The van der Waals surface area contributed by atoms with Crippen molar-refractivity contribution in [2.45, 2.75) is 20.0 Å². The topological polar surface area (TPSA) is 85.6 Å². The van der Waals surface area contributed by atoms with Gasteiger partial charge in [0.15, 0.2) is 15.9 Å². The van der Waals surface area contributed by atoms with E-state index >= 15 is 0 Å². The number of aryl methyl sites for hydroxylation is 1. The molecular weight excluding hydrogens is 326 g/mol. The number of fused-ring (bicyclic) bond motifs is 1. The summed E-state index contributed by atoms with van der Waals surface area (Å²) in [4.78, 5) is 28.5. The molecule has 7 nitrogen and oxygen atoms in total. The molecule has 0 atom stereocenters. The number of nitrogens with zero attached hydrogens (tertiary/aromatic N) is 5. The molecule has 2 heterocycles. The summed E-state index contributed by atoms with van der Waals surface area (Å²) in [5.74, 6) is 5.57. The van der Waals surface area contributed by atoms with Crippen molar-refractivity contribution in [2.24, 2.45) is 7.05 Å². The van der Waals surface area contributed by atoms with Gasteiger partial charge < -0.3 is 4.57 Å². The smallest absolute Gasteiger partial charge is 0.301 e. The average Bonchev–Trinajstić information content (AvgIpc) is 2.76. The van der Waals surface area contributed by atoms with Crippen LogP contribution >= 0.6 is 15.9 Å². The number of imidazole rings is 1. The average molecular weight is 336 g/mol. The van der Waals surface area contributed by atoms with Crippen LogP contribution in [0, 0.1) is 23.2 Å². The third kappa shape index (κ3) is 2.04. The molecule has 0 fully saturated rings. The number of nitriles is 1. The summed E-state index contributed by atoms with van der Waals surface area (Å²) in [6.07, 6.45) is 0. The molecule has 20 heavy (non-hydrogen) atoms. The summed E-state index contributed by atoms with van der Waals surface area (Å²) in [6, 6.07) is 1.81. The van der Waals surface area contributed by atoms with E-state index in [0.717, 1.165) is 4.57 Å². The highest BCUT2D eigenvalue weighted by atomic mass is 79.9. The molecular formula is C12H10BrN5O2. The van der Waals surface area contributed by atoms with E-state index in [2.05, 4.69) is 32.8 Å². The largest absolute Gasteiger partial charge is 0.333 e. The highest BCUT2D eigenvalue weighted by Crippen LogP contribution is 2.15. The molecule has 8 heteroatoms. The Morgan fingerprint density at radius 2 is 2.00 bits per heavy atom. The second-order valence-electron chi connectivity index (χ2n) is 3.96. The van der Waals surface area contributed by atoms with E-state index in [4.69, 9.17) is 5.26 Å². The zero-order chi connectivity index (χ0) is 14.9. The van der Waals surface area contributed by atoms with Crippen molar-refractivity contribution >= 4 is 27.1 Å². The lowest BCUT2D eigenvalue weighted by Crippen LogP contribution is -2.39. The van der Waals surface area contributed by atoms with Crippen molar-refractivity contribution in [2.75, 3.05) is 0 Å². The first-order valence-corrected chi connectivity index (χ1v) is 6.44. The van der Waals surface area contributed by atoms with Crippen LogP contribution < -0.4 is 11.2 Å². The third-order valence-corrected chi connectivity index (χ3v) is 3.43. The first kappa shape index (κ1) is 14.1. The minimum Gasteiger partial charge on any atom is -0.301 e. The summed E-state index contributed by atoms with van der Waals surface area (Å²) in [6.45, 7) is 1.66. The first-order chi connectivity index (χ1) is 9.52. The Bertz CT molecular complexity index is 901. The fourth-order valence-electron chi connectivity index (χ4n) is 1.86. The molecule has 102 valence electrons. The van der Waals surface area contributed by atoms with Gasteiger partial charge in [0.2, 0.25) is 0 Å². The summed E-state index contributed by atoms with van der Waals surface area (Å²) >= 11 is 3.25. The predicted molar refractivity (Wildman–Crippen MR) is 76.0 cm³/mol. The maximum Gasteiger partial charge on any atom is 0.333 e. The van der Waals surface area contributed by atoms with Gasteiger partial charge in [-0.05, 0) is 22.9 Å². The van der Waals surface area contributed by atoms with Crippen molar-refractivity contribution in [3.63, 3.8) is 0 Å². The molecule has 2 aromatic heterocycles. The molecule has 0 aliphatic heterocycles. The fraction of sp³-hybridized carbons (Fsp3) is 0.333. The standard InChI is InChI=1S/C12H10BrN5O2/c1-3-4-6-17-8-9(15-11(17)13)16(2)12(20)18(7-5-14)10(8)19/h6-7H2,1-2H3. The van der Waals surface area contributed by atoms with Gasteiger partial charge in [-0.25, -0.2) is 14.3 Å². The number of hydrogen-bond donors (Lipinski definition) is 0. The summed E-state index contributed by atoms with van der Waals surface area (Å²) in [7, 11) is 1.51. The molecule has 0 aromatic carbocycles. The Kier molecular flexibility index (Phi) is 3.77. The van der Waals surface area contributed by atoms with Crippen LogP contribution in [0.15, 0.2) is 14.3 Å². The molecule has 0 N–H and O–H groups in total. The summed E-state index contributed by atoms with van der Waals surface area (Å²) in [5.41, 5.74) is -0.598. The normalized spacial score (nSPS) is 10.1. The van der Waals surface area contributed by atoms with Crippen molar-refractivity contribution in [1.29, 1.82) is 5.26 Å². The van der Waals surface area contributed by atoms with Gasteiger partial charge in [0.05, 0.1) is 12.6 Å². The third-order valence-electron chi connectivity index (χ3n) is 2.83. The number of halogens is 1. The van der Waals surface area contributed by atoms with Gasteiger partial charge in [-0.3, -0.25) is 9.36 Å². The van der Waals surface area contributed by atoms with E-state index in [0.29, 0.717) is 4.73 Å². The summed E-state index contributed by atoms with van der Waals surface area (Å²) < 4.78 is 4.11. The molecule has 0 unspecified atom stereocenters. The number of hydrogen-bond acceptors (Lipinski definition) is 4. The number of rotatable bonds is 2. The fourth-order valence-corrected chi connectivity index (χ4v) is 2.33. The molecule has 0 aliphatic carbocycles. The van der Waals surface area contributed by atoms with Crippen LogP contribution in [-0.2, 0) is 20.1 Å². The highest BCUT2D eigenvalue weighted by Gasteiger charge is 2.18. The minimum atomic E-state index is -0.567. The van der Waals surface area contributed by atoms with Crippen LogP contribution in [0.2, 0.25) is 0 Å². The molecule has 0 saturated carbocycles. The predicted octanol–water partition coefficient (Wildman–Crippen LogP) is 0.206.